The van der Waals surface area contributed by atoms with Crippen molar-refractivity contribution in [1.29, 1.82) is 0 Å². The number of ether oxygens (including phenoxy) is 1. The fourth-order valence-corrected chi connectivity index (χ4v) is 2.63. The average molecular weight is 322 g/mol. The molecule has 2 aromatic rings. The third kappa shape index (κ3) is 5.33. The van der Waals surface area contributed by atoms with Crippen molar-refractivity contribution >= 4 is 35.0 Å². The van der Waals surface area contributed by atoms with E-state index in [9.17, 15) is 4.79 Å². The lowest BCUT2D eigenvalue weighted by Gasteiger charge is -2.06. The molecule has 0 saturated carbocycles. The van der Waals surface area contributed by atoms with Crippen LogP contribution in [0.15, 0.2) is 48.5 Å². The van der Waals surface area contributed by atoms with Gasteiger partial charge in [0.25, 0.3) is 0 Å². The topological polar surface area (TPSA) is 38.3 Å². The first-order valence-electron chi connectivity index (χ1n) is 6.43. The standard InChI is InChI=1S/C16H16ClNO2S/c1-20-15-8-6-14(7-9-15)18-16(19)11-21-10-12-2-4-13(17)5-3-12/h2-9H,10-11H2,1H3,(H,18,19). The quantitative estimate of drug-likeness (QED) is 0.865. The van der Waals surface area contributed by atoms with Gasteiger partial charge in [0.1, 0.15) is 5.75 Å². The summed E-state index contributed by atoms with van der Waals surface area (Å²) in [5, 5.41) is 3.58. The minimum Gasteiger partial charge on any atom is -0.497 e. The molecular formula is C16H16ClNO2S. The highest BCUT2D eigenvalue weighted by Crippen LogP contribution is 2.17. The van der Waals surface area contributed by atoms with Crippen molar-refractivity contribution in [2.75, 3.05) is 18.2 Å². The summed E-state index contributed by atoms with van der Waals surface area (Å²) in [6.45, 7) is 0. The van der Waals surface area contributed by atoms with Crippen LogP contribution >= 0.6 is 23.4 Å². The van der Waals surface area contributed by atoms with E-state index in [2.05, 4.69) is 5.32 Å². The zero-order valence-electron chi connectivity index (χ0n) is 11.6. The molecular weight excluding hydrogens is 306 g/mol. The molecule has 0 aliphatic rings. The lowest BCUT2D eigenvalue weighted by molar-refractivity contribution is -0.113. The molecule has 2 aromatic carbocycles. The number of methoxy groups -OCH3 is 1. The van der Waals surface area contributed by atoms with Gasteiger partial charge in [-0.2, -0.15) is 0 Å². The molecule has 0 aliphatic heterocycles. The smallest absolute Gasteiger partial charge is 0.234 e. The third-order valence-electron chi connectivity index (χ3n) is 2.79. The van der Waals surface area contributed by atoms with Crippen molar-refractivity contribution in [2.45, 2.75) is 5.75 Å². The Balaban J connectivity index is 1.75. The monoisotopic (exact) mass is 321 g/mol. The summed E-state index contributed by atoms with van der Waals surface area (Å²) in [7, 11) is 1.61. The van der Waals surface area contributed by atoms with Gasteiger partial charge in [0.2, 0.25) is 5.91 Å². The first kappa shape index (κ1) is 15.7. The van der Waals surface area contributed by atoms with Crippen LogP contribution in [-0.4, -0.2) is 18.8 Å². The zero-order chi connectivity index (χ0) is 15.1. The Hall–Kier alpha value is -1.65. The minimum absolute atomic E-state index is 0.0147. The summed E-state index contributed by atoms with van der Waals surface area (Å²) in [5.41, 5.74) is 1.93. The lowest BCUT2D eigenvalue weighted by atomic mass is 10.2. The van der Waals surface area contributed by atoms with Gasteiger partial charge in [0.15, 0.2) is 0 Å². The predicted molar refractivity (Wildman–Crippen MR) is 89.2 cm³/mol. The van der Waals surface area contributed by atoms with Gasteiger partial charge in [-0.05, 0) is 42.0 Å². The second kappa shape index (κ2) is 7.96. The van der Waals surface area contributed by atoms with E-state index < -0.39 is 0 Å². The van der Waals surface area contributed by atoms with Gasteiger partial charge < -0.3 is 10.1 Å². The van der Waals surface area contributed by atoms with Crippen LogP contribution < -0.4 is 10.1 Å². The summed E-state index contributed by atoms with van der Waals surface area (Å²) in [5.74, 6) is 1.95. The predicted octanol–water partition coefficient (Wildman–Crippen LogP) is 4.22. The van der Waals surface area contributed by atoms with Crippen molar-refractivity contribution in [3.8, 4) is 5.75 Å². The van der Waals surface area contributed by atoms with Crippen LogP contribution in [-0.2, 0) is 10.5 Å². The molecule has 0 atom stereocenters. The Morgan fingerprint density at radius 1 is 1.14 bits per heavy atom. The van der Waals surface area contributed by atoms with Crippen molar-refractivity contribution in [1.82, 2.24) is 0 Å². The van der Waals surface area contributed by atoms with E-state index in [1.807, 2.05) is 48.5 Å². The SMILES string of the molecule is COc1ccc(NC(=O)CSCc2ccc(Cl)cc2)cc1. The minimum atomic E-state index is -0.0147. The molecule has 0 saturated heterocycles. The van der Waals surface area contributed by atoms with E-state index in [4.69, 9.17) is 16.3 Å². The van der Waals surface area contributed by atoms with Crippen LogP contribution in [0.5, 0.6) is 5.75 Å². The summed E-state index contributed by atoms with van der Waals surface area (Å²) < 4.78 is 5.07. The molecule has 1 amide bonds. The second-order valence-corrected chi connectivity index (χ2v) is 5.82. The molecule has 0 bridgehead atoms. The van der Waals surface area contributed by atoms with E-state index >= 15 is 0 Å². The van der Waals surface area contributed by atoms with E-state index in [1.165, 1.54) is 0 Å². The number of nitrogens with one attached hydrogen (secondary N) is 1. The van der Waals surface area contributed by atoms with Crippen LogP contribution in [0.4, 0.5) is 5.69 Å². The number of carbonyl (C=O) groups excluding carboxylic acids is 1. The van der Waals surface area contributed by atoms with Gasteiger partial charge in [-0.15, -0.1) is 11.8 Å². The third-order valence-corrected chi connectivity index (χ3v) is 4.04. The summed E-state index contributed by atoms with van der Waals surface area (Å²) in [6, 6.07) is 14.9. The molecule has 0 spiro atoms. The number of rotatable bonds is 6. The Morgan fingerprint density at radius 3 is 2.43 bits per heavy atom. The molecule has 3 nitrogen and oxygen atoms in total. The highest BCUT2D eigenvalue weighted by molar-refractivity contribution is 7.99. The lowest BCUT2D eigenvalue weighted by Crippen LogP contribution is -2.14. The Morgan fingerprint density at radius 2 is 1.81 bits per heavy atom. The van der Waals surface area contributed by atoms with Crippen molar-refractivity contribution in [3.63, 3.8) is 0 Å². The maximum Gasteiger partial charge on any atom is 0.234 e. The second-order valence-electron chi connectivity index (χ2n) is 4.40. The van der Waals surface area contributed by atoms with Crippen molar-refractivity contribution < 1.29 is 9.53 Å². The molecule has 5 heteroatoms. The molecule has 1 N–H and O–H groups in total. The van der Waals surface area contributed by atoms with Crippen LogP contribution in [0.3, 0.4) is 0 Å². The molecule has 110 valence electrons. The van der Waals surface area contributed by atoms with E-state index in [-0.39, 0.29) is 5.91 Å². The van der Waals surface area contributed by atoms with Gasteiger partial charge >= 0.3 is 0 Å². The van der Waals surface area contributed by atoms with Crippen LogP contribution in [0.1, 0.15) is 5.56 Å². The normalized spacial score (nSPS) is 10.2. The average Bonchev–Trinajstić information content (AvgIpc) is 2.50. The summed E-state index contributed by atoms with van der Waals surface area (Å²) in [6.07, 6.45) is 0. The number of amides is 1. The fraction of sp³-hybridized carbons (Fsp3) is 0.188. The molecule has 0 aliphatic carbocycles. The number of benzene rings is 2. The highest BCUT2D eigenvalue weighted by Gasteiger charge is 2.03. The maximum absolute atomic E-state index is 11.8. The summed E-state index contributed by atoms with van der Waals surface area (Å²) in [4.78, 5) is 11.8. The van der Waals surface area contributed by atoms with Crippen LogP contribution in [0, 0.1) is 0 Å². The van der Waals surface area contributed by atoms with Gasteiger partial charge in [0.05, 0.1) is 12.9 Å². The zero-order valence-corrected chi connectivity index (χ0v) is 13.2. The summed E-state index contributed by atoms with van der Waals surface area (Å²) >= 11 is 7.40. The highest BCUT2D eigenvalue weighted by atomic mass is 35.5. The number of carbonyl (C=O) groups is 1. The molecule has 0 heterocycles. The van der Waals surface area contributed by atoms with E-state index in [0.717, 1.165) is 27.8 Å². The van der Waals surface area contributed by atoms with Gasteiger partial charge in [-0.1, -0.05) is 23.7 Å². The molecule has 0 fully saturated rings. The number of hydrogen-bond donors (Lipinski definition) is 1. The van der Waals surface area contributed by atoms with E-state index in [0.29, 0.717) is 5.75 Å². The molecule has 0 aromatic heterocycles. The first-order valence-corrected chi connectivity index (χ1v) is 7.97. The number of thioether (sulfide) groups is 1. The fourth-order valence-electron chi connectivity index (χ4n) is 1.71. The molecule has 2 rings (SSSR count). The number of hydrogen-bond acceptors (Lipinski definition) is 3. The first-order chi connectivity index (χ1) is 10.2. The molecule has 0 radical (unpaired) electrons. The molecule has 21 heavy (non-hydrogen) atoms. The number of halogens is 1. The Bertz CT molecular complexity index is 584. The van der Waals surface area contributed by atoms with E-state index in [1.54, 1.807) is 18.9 Å². The Labute approximate surface area is 133 Å². The van der Waals surface area contributed by atoms with Crippen LogP contribution in [0.2, 0.25) is 5.02 Å². The van der Waals surface area contributed by atoms with Gasteiger partial charge in [-0.25, -0.2) is 0 Å². The molecule has 0 unspecified atom stereocenters. The number of anilines is 1. The van der Waals surface area contributed by atoms with Crippen molar-refractivity contribution in [2.24, 2.45) is 0 Å². The van der Waals surface area contributed by atoms with Gasteiger partial charge in [0, 0.05) is 16.5 Å². The Kier molecular flexibility index (Phi) is 5.96. The van der Waals surface area contributed by atoms with Crippen molar-refractivity contribution in [3.05, 3.63) is 59.1 Å². The largest absolute Gasteiger partial charge is 0.497 e. The maximum atomic E-state index is 11.8. The van der Waals surface area contributed by atoms with Crippen LogP contribution in [0.25, 0.3) is 0 Å². The van der Waals surface area contributed by atoms with Gasteiger partial charge in [-0.3, -0.25) is 4.79 Å².